The van der Waals surface area contributed by atoms with Crippen LogP contribution in [0.1, 0.15) is 41.9 Å². The van der Waals surface area contributed by atoms with Gasteiger partial charge in [-0.2, -0.15) is 24.5 Å². The smallest absolute Gasteiger partial charge is 0.282 e. The van der Waals surface area contributed by atoms with Crippen LogP contribution < -0.4 is 0 Å². The third-order valence-corrected chi connectivity index (χ3v) is 5.30. The van der Waals surface area contributed by atoms with E-state index in [0.29, 0.717) is 11.4 Å². The van der Waals surface area contributed by atoms with Crippen molar-refractivity contribution in [1.29, 1.82) is 0 Å². The molecule has 152 valence electrons. The summed E-state index contributed by atoms with van der Waals surface area (Å²) in [7, 11) is 1.28. The molecule has 10 heteroatoms. The lowest BCUT2D eigenvalue weighted by molar-refractivity contribution is 0.145. The van der Waals surface area contributed by atoms with Gasteiger partial charge in [0.25, 0.3) is 6.43 Å². The Kier molecular flexibility index (Phi) is 5.12. The molecule has 0 spiro atoms. The maximum Gasteiger partial charge on any atom is 0.282 e. The summed E-state index contributed by atoms with van der Waals surface area (Å²) in [6.45, 7) is 2.09. The molecule has 0 saturated heterocycles. The SMILES string of the molecule is Cc1nn(-c2ccccc2)nc1CN(C(=S)c1c(C(F)F)nn(C)c1F)C1CC1. The van der Waals surface area contributed by atoms with Crippen LogP contribution in [0.3, 0.4) is 0 Å². The van der Waals surface area contributed by atoms with E-state index >= 15 is 0 Å². The number of nitrogens with zero attached hydrogens (tertiary/aromatic N) is 6. The van der Waals surface area contributed by atoms with Crippen molar-refractivity contribution >= 4 is 17.2 Å². The lowest BCUT2D eigenvalue weighted by Crippen LogP contribution is -2.33. The minimum absolute atomic E-state index is 0.0297. The van der Waals surface area contributed by atoms with Crippen LogP contribution in [0, 0.1) is 12.9 Å². The molecule has 0 unspecified atom stereocenters. The number of rotatable bonds is 6. The molecule has 1 fully saturated rings. The number of hydrogen-bond donors (Lipinski definition) is 0. The van der Waals surface area contributed by atoms with Crippen molar-refractivity contribution in [2.75, 3.05) is 0 Å². The van der Waals surface area contributed by atoms with E-state index in [1.807, 2.05) is 37.3 Å². The van der Waals surface area contributed by atoms with Crippen LogP contribution in [0.25, 0.3) is 5.69 Å². The highest BCUT2D eigenvalue weighted by Gasteiger charge is 2.36. The molecule has 6 nitrogen and oxygen atoms in total. The Morgan fingerprint density at radius 1 is 1.21 bits per heavy atom. The Hall–Kier alpha value is -2.75. The molecule has 0 radical (unpaired) electrons. The van der Waals surface area contributed by atoms with E-state index in [0.717, 1.165) is 23.2 Å². The van der Waals surface area contributed by atoms with Crippen molar-refractivity contribution in [2.24, 2.45) is 7.05 Å². The molecule has 0 bridgehead atoms. The fraction of sp³-hybridized carbons (Fsp3) is 0.368. The van der Waals surface area contributed by atoms with Gasteiger partial charge in [-0.15, -0.1) is 0 Å². The molecule has 1 saturated carbocycles. The molecule has 2 aromatic heterocycles. The van der Waals surface area contributed by atoms with Crippen molar-refractivity contribution in [3.8, 4) is 5.69 Å². The highest BCUT2D eigenvalue weighted by atomic mass is 32.1. The molecule has 0 atom stereocenters. The number of thiocarbonyl (C=S) groups is 1. The molecule has 0 N–H and O–H groups in total. The number of aromatic nitrogens is 5. The predicted molar refractivity (Wildman–Crippen MR) is 104 cm³/mol. The van der Waals surface area contributed by atoms with E-state index in [2.05, 4.69) is 15.3 Å². The molecule has 1 aliphatic rings. The Labute approximate surface area is 170 Å². The Morgan fingerprint density at radius 3 is 2.52 bits per heavy atom. The van der Waals surface area contributed by atoms with Gasteiger partial charge in [0.05, 0.1) is 23.5 Å². The van der Waals surface area contributed by atoms with Crippen LogP contribution >= 0.6 is 12.2 Å². The first-order chi connectivity index (χ1) is 13.9. The Morgan fingerprint density at radius 2 is 1.90 bits per heavy atom. The molecule has 0 aliphatic heterocycles. The highest BCUT2D eigenvalue weighted by Crippen LogP contribution is 2.33. The van der Waals surface area contributed by atoms with Crippen molar-refractivity contribution in [1.82, 2.24) is 29.7 Å². The third kappa shape index (κ3) is 3.76. The molecule has 3 aromatic rings. The summed E-state index contributed by atoms with van der Waals surface area (Å²) < 4.78 is 42.1. The van der Waals surface area contributed by atoms with E-state index in [1.165, 1.54) is 11.8 Å². The van der Waals surface area contributed by atoms with Crippen LogP contribution in [0.5, 0.6) is 0 Å². The summed E-state index contributed by atoms with van der Waals surface area (Å²) in [6.07, 6.45) is -1.20. The number of hydrogen-bond acceptors (Lipinski definition) is 4. The third-order valence-electron chi connectivity index (χ3n) is 4.86. The van der Waals surface area contributed by atoms with Crippen molar-refractivity contribution in [3.63, 3.8) is 0 Å². The maximum atomic E-state index is 14.5. The zero-order valence-electron chi connectivity index (χ0n) is 15.9. The Bertz CT molecular complexity index is 1040. The van der Waals surface area contributed by atoms with Crippen molar-refractivity contribution in [3.05, 3.63) is 58.9 Å². The van der Waals surface area contributed by atoms with E-state index in [9.17, 15) is 13.2 Å². The van der Waals surface area contributed by atoms with Gasteiger partial charge in [0.15, 0.2) is 0 Å². The number of halogens is 3. The predicted octanol–water partition coefficient (Wildman–Crippen LogP) is 3.73. The fourth-order valence-corrected chi connectivity index (χ4v) is 3.57. The van der Waals surface area contributed by atoms with Crippen LogP contribution in [0.4, 0.5) is 13.2 Å². The van der Waals surface area contributed by atoms with Gasteiger partial charge in [-0.25, -0.2) is 13.5 Å². The lowest BCUT2D eigenvalue weighted by Gasteiger charge is -2.24. The number of benzene rings is 1. The van der Waals surface area contributed by atoms with Gasteiger partial charge >= 0.3 is 0 Å². The molecule has 29 heavy (non-hydrogen) atoms. The minimum Gasteiger partial charge on any atom is -0.353 e. The fourth-order valence-electron chi connectivity index (χ4n) is 3.16. The first kappa shape index (κ1) is 19.6. The summed E-state index contributed by atoms with van der Waals surface area (Å²) in [5, 5.41) is 12.6. The van der Waals surface area contributed by atoms with Gasteiger partial charge in [-0.1, -0.05) is 30.4 Å². The van der Waals surface area contributed by atoms with Gasteiger partial charge in [0, 0.05) is 13.1 Å². The normalized spacial score (nSPS) is 13.9. The second kappa shape index (κ2) is 7.58. The van der Waals surface area contributed by atoms with Crippen molar-refractivity contribution < 1.29 is 13.2 Å². The van der Waals surface area contributed by atoms with Gasteiger partial charge in [-0.3, -0.25) is 0 Å². The first-order valence-electron chi connectivity index (χ1n) is 9.16. The van der Waals surface area contributed by atoms with E-state index in [4.69, 9.17) is 12.2 Å². The summed E-state index contributed by atoms with van der Waals surface area (Å²) in [4.78, 5) is 3.31. The number of para-hydroxylation sites is 1. The molecule has 1 aliphatic carbocycles. The monoisotopic (exact) mass is 420 g/mol. The summed E-state index contributed by atoms with van der Waals surface area (Å²) in [5.41, 5.74) is 1.22. The topological polar surface area (TPSA) is 51.8 Å². The average molecular weight is 420 g/mol. The zero-order chi connectivity index (χ0) is 20.7. The highest BCUT2D eigenvalue weighted by molar-refractivity contribution is 7.80. The molecule has 4 rings (SSSR count). The zero-order valence-corrected chi connectivity index (χ0v) is 16.7. The number of alkyl halides is 2. The van der Waals surface area contributed by atoms with Gasteiger partial charge in [0.1, 0.15) is 16.4 Å². The largest absolute Gasteiger partial charge is 0.353 e. The van der Waals surface area contributed by atoms with Gasteiger partial charge < -0.3 is 4.90 Å². The molecule has 2 heterocycles. The van der Waals surface area contributed by atoms with E-state index in [1.54, 1.807) is 4.90 Å². The Balaban J connectivity index is 1.65. The maximum absolute atomic E-state index is 14.5. The summed E-state index contributed by atoms with van der Waals surface area (Å²) in [6, 6.07) is 9.50. The van der Waals surface area contributed by atoms with Crippen LogP contribution in [-0.4, -0.2) is 40.7 Å². The van der Waals surface area contributed by atoms with Crippen molar-refractivity contribution in [2.45, 2.75) is 38.8 Å². The van der Waals surface area contributed by atoms with Crippen LogP contribution in [0.15, 0.2) is 30.3 Å². The average Bonchev–Trinajstić information content (AvgIpc) is 3.41. The van der Waals surface area contributed by atoms with E-state index < -0.39 is 18.1 Å². The van der Waals surface area contributed by atoms with Gasteiger partial charge in [-0.05, 0) is 31.9 Å². The first-order valence-corrected chi connectivity index (χ1v) is 9.57. The van der Waals surface area contributed by atoms with E-state index in [-0.39, 0.29) is 23.1 Å². The summed E-state index contributed by atoms with van der Waals surface area (Å²) in [5.74, 6) is -0.861. The lowest BCUT2D eigenvalue weighted by atomic mass is 10.2. The van der Waals surface area contributed by atoms with Crippen LogP contribution in [0.2, 0.25) is 0 Å². The van der Waals surface area contributed by atoms with Gasteiger partial charge in [0.2, 0.25) is 5.95 Å². The second-order valence-corrected chi connectivity index (χ2v) is 7.38. The second-order valence-electron chi connectivity index (χ2n) is 7.00. The molecule has 0 amide bonds. The molecule has 1 aromatic carbocycles. The van der Waals surface area contributed by atoms with Crippen LogP contribution in [-0.2, 0) is 13.6 Å². The molecular formula is C19H19F3N6S. The standard InChI is InChI=1S/C19H19F3N6S/c1-11-14(24-28(23-11)13-6-4-3-5-7-13)10-27(12-8-9-12)19(29)15-16(17(20)21)25-26(2)18(15)22/h3-7,12,17H,8-10H2,1-2H3. The molecular weight excluding hydrogens is 401 g/mol. The quantitative estimate of drug-likeness (QED) is 0.569. The minimum atomic E-state index is -2.92. The number of aryl methyl sites for hydroxylation is 2. The summed E-state index contributed by atoms with van der Waals surface area (Å²) >= 11 is 5.45.